The number of ether oxygens (including phenoxy) is 2. The lowest BCUT2D eigenvalue weighted by atomic mass is 10.2. The van der Waals surface area contributed by atoms with E-state index in [1.165, 1.54) is 0 Å². The maximum absolute atomic E-state index is 6.13. The summed E-state index contributed by atoms with van der Waals surface area (Å²) in [5.41, 5.74) is 1.08. The summed E-state index contributed by atoms with van der Waals surface area (Å²) in [7, 11) is 0. The van der Waals surface area contributed by atoms with Crippen molar-refractivity contribution in [2.75, 3.05) is 26.4 Å². The first-order chi connectivity index (χ1) is 8.29. The number of nitrogens with one attached hydrogen (secondary N) is 1. The number of halogens is 1. The van der Waals surface area contributed by atoms with E-state index in [0.717, 1.165) is 24.4 Å². The number of hydrogen-bond donors (Lipinski definition) is 1. The van der Waals surface area contributed by atoms with E-state index in [-0.39, 0.29) is 0 Å². The monoisotopic (exact) mass is 257 g/mol. The second-order valence-electron chi connectivity index (χ2n) is 3.55. The molecule has 1 aromatic rings. The van der Waals surface area contributed by atoms with Crippen LogP contribution in [0.15, 0.2) is 18.2 Å². The van der Waals surface area contributed by atoms with Crippen molar-refractivity contribution in [3.05, 3.63) is 28.8 Å². The number of hydrogen-bond acceptors (Lipinski definition) is 3. The van der Waals surface area contributed by atoms with Gasteiger partial charge in [-0.05, 0) is 19.5 Å². The van der Waals surface area contributed by atoms with E-state index in [1.54, 1.807) is 0 Å². The predicted molar refractivity (Wildman–Crippen MR) is 70.8 cm³/mol. The summed E-state index contributed by atoms with van der Waals surface area (Å²) in [6.07, 6.45) is 0. The van der Waals surface area contributed by atoms with Crippen molar-refractivity contribution in [3.63, 3.8) is 0 Å². The summed E-state index contributed by atoms with van der Waals surface area (Å²) in [5.74, 6) is 0.759. The first kappa shape index (κ1) is 14.3. The minimum absolute atomic E-state index is 0.525. The molecule has 0 fully saturated rings. The fraction of sp³-hybridized carbons (Fsp3) is 0.538. The van der Waals surface area contributed by atoms with Crippen molar-refractivity contribution in [1.82, 2.24) is 5.32 Å². The molecule has 0 spiro atoms. The van der Waals surface area contributed by atoms with Gasteiger partial charge in [-0.2, -0.15) is 0 Å². The van der Waals surface area contributed by atoms with Crippen LogP contribution in [0, 0.1) is 0 Å². The summed E-state index contributed by atoms with van der Waals surface area (Å²) < 4.78 is 10.9. The molecule has 1 aromatic carbocycles. The zero-order chi connectivity index (χ0) is 12.5. The molecule has 96 valence electrons. The maximum atomic E-state index is 6.13. The highest BCUT2D eigenvalue weighted by molar-refractivity contribution is 6.32. The molecule has 4 heteroatoms. The van der Waals surface area contributed by atoms with E-state index in [2.05, 4.69) is 12.2 Å². The summed E-state index contributed by atoms with van der Waals surface area (Å²) >= 11 is 6.13. The molecule has 3 nitrogen and oxygen atoms in total. The molecule has 0 bridgehead atoms. The molecular weight excluding hydrogens is 238 g/mol. The van der Waals surface area contributed by atoms with Gasteiger partial charge in [0.15, 0.2) is 0 Å². The Morgan fingerprint density at radius 2 is 2.06 bits per heavy atom. The number of benzene rings is 1. The molecule has 0 saturated heterocycles. The van der Waals surface area contributed by atoms with Crippen LogP contribution >= 0.6 is 11.6 Å². The van der Waals surface area contributed by atoms with Crippen LogP contribution < -0.4 is 10.1 Å². The van der Waals surface area contributed by atoms with Crippen LogP contribution in [0.3, 0.4) is 0 Å². The first-order valence-corrected chi connectivity index (χ1v) is 6.36. The molecular formula is C13H20ClNO2. The summed E-state index contributed by atoms with van der Waals surface area (Å²) in [6, 6.07) is 5.79. The molecule has 1 N–H and O–H groups in total. The predicted octanol–water partition coefficient (Wildman–Crippen LogP) is 2.86. The van der Waals surface area contributed by atoms with Gasteiger partial charge in [0.05, 0.1) is 11.6 Å². The van der Waals surface area contributed by atoms with Crippen LogP contribution in [-0.4, -0.2) is 26.4 Å². The fourth-order valence-electron chi connectivity index (χ4n) is 1.46. The van der Waals surface area contributed by atoms with Crippen molar-refractivity contribution in [3.8, 4) is 5.75 Å². The Balaban J connectivity index is 2.60. The Hall–Kier alpha value is -0.770. The fourth-order valence-corrected chi connectivity index (χ4v) is 1.71. The van der Waals surface area contributed by atoms with Crippen molar-refractivity contribution >= 4 is 11.6 Å². The van der Waals surface area contributed by atoms with E-state index in [9.17, 15) is 0 Å². The van der Waals surface area contributed by atoms with E-state index < -0.39 is 0 Å². The SMILES string of the molecule is CCNCc1cccc(Cl)c1OCCOCC. The second-order valence-corrected chi connectivity index (χ2v) is 3.96. The Labute approximate surface area is 108 Å². The zero-order valence-electron chi connectivity index (χ0n) is 10.5. The molecule has 0 aromatic heterocycles. The summed E-state index contributed by atoms with van der Waals surface area (Å²) in [4.78, 5) is 0. The van der Waals surface area contributed by atoms with Crippen molar-refractivity contribution in [2.45, 2.75) is 20.4 Å². The van der Waals surface area contributed by atoms with E-state index in [1.807, 2.05) is 25.1 Å². The number of para-hydroxylation sites is 1. The minimum Gasteiger partial charge on any atom is -0.489 e. The highest BCUT2D eigenvalue weighted by Gasteiger charge is 2.07. The van der Waals surface area contributed by atoms with Crippen LogP contribution in [-0.2, 0) is 11.3 Å². The first-order valence-electron chi connectivity index (χ1n) is 5.98. The molecule has 0 saturated carbocycles. The highest BCUT2D eigenvalue weighted by atomic mass is 35.5. The summed E-state index contributed by atoms with van der Waals surface area (Å²) in [5, 5.41) is 3.91. The van der Waals surface area contributed by atoms with Crippen molar-refractivity contribution in [2.24, 2.45) is 0 Å². The molecule has 0 amide bonds. The average Bonchev–Trinajstić information content (AvgIpc) is 2.34. The minimum atomic E-state index is 0.525. The Morgan fingerprint density at radius 1 is 1.24 bits per heavy atom. The lowest BCUT2D eigenvalue weighted by Crippen LogP contribution is -2.14. The molecule has 0 aliphatic rings. The van der Waals surface area contributed by atoms with Gasteiger partial charge in [0.2, 0.25) is 0 Å². The van der Waals surface area contributed by atoms with Gasteiger partial charge in [-0.15, -0.1) is 0 Å². The molecule has 0 atom stereocenters. The molecule has 17 heavy (non-hydrogen) atoms. The van der Waals surface area contributed by atoms with Gasteiger partial charge in [-0.3, -0.25) is 0 Å². The van der Waals surface area contributed by atoms with Gasteiger partial charge in [0.1, 0.15) is 12.4 Å². The van der Waals surface area contributed by atoms with Gasteiger partial charge in [0.25, 0.3) is 0 Å². The molecule has 0 radical (unpaired) electrons. The van der Waals surface area contributed by atoms with Crippen LogP contribution in [0.25, 0.3) is 0 Å². The Kier molecular flexibility index (Phi) is 7.01. The largest absolute Gasteiger partial charge is 0.489 e. The lowest BCUT2D eigenvalue weighted by Gasteiger charge is -2.13. The van der Waals surface area contributed by atoms with Crippen LogP contribution in [0.2, 0.25) is 5.02 Å². The lowest BCUT2D eigenvalue weighted by molar-refractivity contribution is 0.110. The van der Waals surface area contributed by atoms with Crippen molar-refractivity contribution in [1.29, 1.82) is 0 Å². The number of rotatable bonds is 8. The topological polar surface area (TPSA) is 30.5 Å². The standard InChI is InChI=1S/C13H20ClNO2/c1-3-15-10-11-6-5-7-12(14)13(11)17-9-8-16-4-2/h5-7,15H,3-4,8-10H2,1-2H3. The normalized spacial score (nSPS) is 10.5. The molecule has 0 unspecified atom stereocenters. The quantitative estimate of drug-likeness (QED) is 0.727. The summed E-state index contributed by atoms with van der Waals surface area (Å²) in [6.45, 7) is 7.54. The van der Waals surface area contributed by atoms with E-state index >= 15 is 0 Å². The third kappa shape index (κ3) is 4.94. The zero-order valence-corrected chi connectivity index (χ0v) is 11.2. The molecule has 1 rings (SSSR count). The van der Waals surface area contributed by atoms with Crippen LogP contribution in [0.5, 0.6) is 5.75 Å². The Morgan fingerprint density at radius 3 is 2.76 bits per heavy atom. The smallest absolute Gasteiger partial charge is 0.142 e. The second kappa shape index (κ2) is 8.34. The van der Waals surface area contributed by atoms with Gasteiger partial charge in [-0.1, -0.05) is 30.7 Å². The maximum Gasteiger partial charge on any atom is 0.142 e. The van der Waals surface area contributed by atoms with Crippen molar-refractivity contribution < 1.29 is 9.47 Å². The molecule has 0 aliphatic carbocycles. The highest BCUT2D eigenvalue weighted by Crippen LogP contribution is 2.28. The average molecular weight is 258 g/mol. The molecule has 0 aliphatic heterocycles. The van der Waals surface area contributed by atoms with Gasteiger partial charge >= 0.3 is 0 Å². The molecule has 0 heterocycles. The van der Waals surface area contributed by atoms with E-state index in [0.29, 0.717) is 24.8 Å². The van der Waals surface area contributed by atoms with Crippen LogP contribution in [0.1, 0.15) is 19.4 Å². The Bertz CT molecular complexity index is 331. The third-order valence-corrected chi connectivity index (χ3v) is 2.59. The van der Waals surface area contributed by atoms with Crippen LogP contribution in [0.4, 0.5) is 0 Å². The van der Waals surface area contributed by atoms with Gasteiger partial charge in [0, 0.05) is 18.7 Å². The van der Waals surface area contributed by atoms with E-state index in [4.69, 9.17) is 21.1 Å². The van der Waals surface area contributed by atoms with Gasteiger partial charge < -0.3 is 14.8 Å². The third-order valence-electron chi connectivity index (χ3n) is 2.29. The van der Waals surface area contributed by atoms with Gasteiger partial charge in [-0.25, -0.2) is 0 Å².